The van der Waals surface area contributed by atoms with Crippen LogP contribution in [0.1, 0.15) is 0 Å². The number of nitrogens with one attached hydrogen (secondary N) is 1. The minimum atomic E-state index is -0.684. The van der Waals surface area contributed by atoms with Crippen LogP contribution in [0.4, 0.5) is 5.69 Å². The minimum Gasteiger partial charge on any atom is -0.495 e. The van der Waals surface area contributed by atoms with Crippen LogP contribution in [0.25, 0.3) is 0 Å². The monoisotopic (exact) mass is 265 g/mol. The molecule has 6 nitrogen and oxygen atoms in total. The number of para-hydroxylation sites is 2. The molecule has 0 aliphatic carbocycles. The highest BCUT2D eigenvalue weighted by atomic mass is 16.5. The maximum Gasteiger partial charge on any atom is 0.354 e. The minimum absolute atomic E-state index is 0.0427. The van der Waals surface area contributed by atoms with Crippen molar-refractivity contribution in [1.29, 1.82) is 0 Å². The SMILES string of the molecule is COC(=O)/C=C(/Nc1ccccc1OC)C(=O)OC. The molecule has 0 saturated carbocycles. The predicted molar refractivity (Wildman–Crippen MR) is 68.7 cm³/mol. The number of methoxy groups -OCH3 is 3. The zero-order valence-electron chi connectivity index (χ0n) is 10.9. The van der Waals surface area contributed by atoms with Crippen molar-refractivity contribution in [2.45, 2.75) is 0 Å². The summed E-state index contributed by atoms with van der Waals surface area (Å²) in [6, 6.07) is 6.96. The summed E-state index contributed by atoms with van der Waals surface area (Å²) >= 11 is 0. The van der Waals surface area contributed by atoms with Crippen LogP contribution in [0.5, 0.6) is 5.75 Å². The summed E-state index contributed by atoms with van der Waals surface area (Å²) in [5.74, 6) is -0.818. The van der Waals surface area contributed by atoms with Crippen LogP contribution in [0, 0.1) is 0 Å². The standard InChI is InChI=1S/C13H15NO5/c1-17-11-7-5-4-6-9(11)14-10(13(16)19-3)8-12(15)18-2/h4-8,14H,1-3H3/b10-8+. The normalized spacial score (nSPS) is 10.6. The molecule has 19 heavy (non-hydrogen) atoms. The van der Waals surface area contributed by atoms with E-state index < -0.39 is 11.9 Å². The van der Waals surface area contributed by atoms with Gasteiger partial charge in [-0.2, -0.15) is 0 Å². The number of hydrogen-bond acceptors (Lipinski definition) is 6. The van der Waals surface area contributed by atoms with E-state index in [-0.39, 0.29) is 5.70 Å². The van der Waals surface area contributed by atoms with Crippen LogP contribution in [0.3, 0.4) is 0 Å². The number of ether oxygens (including phenoxy) is 3. The molecular weight excluding hydrogens is 250 g/mol. The predicted octanol–water partition coefficient (Wildman–Crippen LogP) is 1.34. The zero-order chi connectivity index (χ0) is 14.3. The molecule has 0 unspecified atom stereocenters. The lowest BCUT2D eigenvalue weighted by molar-refractivity contribution is -0.138. The highest BCUT2D eigenvalue weighted by Gasteiger charge is 2.14. The van der Waals surface area contributed by atoms with E-state index in [9.17, 15) is 9.59 Å². The Morgan fingerprint density at radius 2 is 1.79 bits per heavy atom. The molecule has 0 aliphatic rings. The van der Waals surface area contributed by atoms with Crippen molar-refractivity contribution in [1.82, 2.24) is 0 Å². The van der Waals surface area contributed by atoms with Gasteiger partial charge in [0.1, 0.15) is 11.4 Å². The average molecular weight is 265 g/mol. The molecule has 0 saturated heterocycles. The van der Waals surface area contributed by atoms with E-state index in [1.165, 1.54) is 21.3 Å². The molecule has 0 spiro atoms. The number of benzene rings is 1. The topological polar surface area (TPSA) is 73.9 Å². The molecule has 0 fully saturated rings. The number of carbonyl (C=O) groups excluding carboxylic acids is 2. The van der Waals surface area contributed by atoms with Crippen LogP contribution in [-0.4, -0.2) is 33.3 Å². The summed E-state index contributed by atoms with van der Waals surface area (Å²) in [5, 5.41) is 2.78. The Kier molecular flexibility index (Phi) is 5.40. The molecule has 0 amide bonds. The number of anilines is 1. The van der Waals surface area contributed by atoms with Gasteiger partial charge in [-0.3, -0.25) is 0 Å². The van der Waals surface area contributed by atoms with Crippen molar-refractivity contribution in [3.05, 3.63) is 36.0 Å². The van der Waals surface area contributed by atoms with Gasteiger partial charge >= 0.3 is 11.9 Å². The van der Waals surface area contributed by atoms with Crippen molar-refractivity contribution in [3.63, 3.8) is 0 Å². The van der Waals surface area contributed by atoms with E-state index in [1.54, 1.807) is 24.3 Å². The van der Waals surface area contributed by atoms with Crippen molar-refractivity contribution >= 4 is 17.6 Å². The smallest absolute Gasteiger partial charge is 0.354 e. The Balaban J connectivity index is 3.04. The van der Waals surface area contributed by atoms with E-state index >= 15 is 0 Å². The van der Waals surface area contributed by atoms with Gasteiger partial charge < -0.3 is 19.5 Å². The lowest BCUT2D eigenvalue weighted by atomic mass is 10.2. The molecule has 6 heteroatoms. The van der Waals surface area contributed by atoms with Crippen molar-refractivity contribution in [2.24, 2.45) is 0 Å². The molecule has 0 aliphatic heterocycles. The maximum atomic E-state index is 11.6. The molecule has 1 aromatic rings. The first-order valence-electron chi connectivity index (χ1n) is 5.40. The summed E-state index contributed by atoms with van der Waals surface area (Å²) in [4.78, 5) is 22.8. The number of carbonyl (C=O) groups is 2. The van der Waals surface area contributed by atoms with Gasteiger partial charge in [0.25, 0.3) is 0 Å². The molecule has 0 aromatic heterocycles. The van der Waals surface area contributed by atoms with E-state index in [0.717, 1.165) is 6.08 Å². The van der Waals surface area contributed by atoms with Crippen molar-refractivity contribution < 1.29 is 23.8 Å². The first kappa shape index (κ1) is 14.6. The molecule has 1 aromatic carbocycles. The summed E-state index contributed by atoms with van der Waals surface area (Å²) in [5.41, 5.74) is 0.490. The van der Waals surface area contributed by atoms with Crippen LogP contribution in [0.2, 0.25) is 0 Å². The van der Waals surface area contributed by atoms with Gasteiger partial charge in [-0.05, 0) is 12.1 Å². The molecule has 0 radical (unpaired) electrons. The van der Waals surface area contributed by atoms with Gasteiger partial charge in [-0.1, -0.05) is 12.1 Å². The first-order valence-corrected chi connectivity index (χ1v) is 5.40. The van der Waals surface area contributed by atoms with E-state index in [1.807, 2.05) is 0 Å². The number of esters is 2. The Hall–Kier alpha value is -2.50. The Morgan fingerprint density at radius 1 is 1.11 bits per heavy atom. The third kappa shape index (κ3) is 4.02. The van der Waals surface area contributed by atoms with Crippen LogP contribution in [-0.2, 0) is 19.1 Å². The van der Waals surface area contributed by atoms with E-state index in [0.29, 0.717) is 11.4 Å². The number of rotatable bonds is 5. The lowest BCUT2D eigenvalue weighted by Gasteiger charge is -2.12. The molecule has 0 heterocycles. The lowest BCUT2D eigenvalue weighted by Crippen LogP contribution is -2.15. The summed E-state index contributed by atoms with van der Waals surface area (Å²) < 4.78 is 14.2. The number of hydrogen-bond donors (Lipinski definition) is 1. The molecule has 1 rings (SSSR count). The molecule has 1 N–H and O–H groups in total. The summed E-state index contributed by atoms with van der Waals surface area (Å²) in [7, 11) is 3.94. The molecular formula is C13H15NO5. The van der Waals surface area contributed by atoms with E-state index in [2.05, 4.69) is 14.8 Å². The molecule has 0 atom stereocenters. The summed E-state index contributed by atoms with van der Waals surface area (Å²) in [6.07, 6.45) is 1.01. The van der Waals surface area contributed by atoms with E-state index in [4.69, 9.17) is 4.74 Å². The van der Waals surface area contributed by atoms with Gasteiger partial charge in [0.15, 0.2) is 0 Å². The Morgan fingerprint density at radius 3 is 2.37 bits per heavy atom. The fourth-order valence-electron chi connectivity index (χ4n) is 1.33. The second-order valence-electron chi connectivity index (χ2n) is 3.40. The van der Waals surface area contributed by atoms with Crippen LogP contribution < -0.4 is 10.1 Å². The van der Waals surface area contributed by atoms with Gasteiger partial charge in [0.2, 0.25) is 0 Å². The Bertz CT molecular complexity index is 496. The van der Waals surface area contributed by atoms with Crippen LogP contribution in [0.15, 0.2) is 36.0 Å². The third-order valence-electron chi connectivity index (χ3n) is 2.24. The highest BCUT2D eigenvalue weighted by Crippen LogP contribution is 2.24. The molecule has 0 bridgehead atoms. The van der Waals surface area contributed by atoms with Crippen molar-refractivity contribution in [3.8, 4) is 5.75 Å². The molecule has 102 valence electrons. The largest absolute Gasteiger partial charge is 0.495 e. The summed E-state index contributed by atoms with van der Waals surface area (Å²) in [6.45, 7) is 0. The fraction of sp³-hybridized carbons (Fsp3) is 0.231. The quantitative estimate of drug-likeness (QED) is 0.639. The fourth-order valence-corrected chi connectivity index (χ4v) is 1.33. The second-order valence-corrected chi connectivity index (χ2v) is 3.40. The zero-order valence-corrected chi connectivity index (χ0v) is 10.9. The Labute approximate surface area is 111 Å². The second kappa shape index (κ2) is 7.05. The maximum absolute atomic E-state index is 11.6. The van der Waals surface area contributed by atoms with Gasteiger partial charge in [0.05, 0.1) is 33.1 Å². The third-order valence-corrected chi connectivity index (χ3v) is 2.24. The highest BCUT2D eigenvalue weighted by molar-refractivity contribution is 5.99. The van der Waals surface area contributed by atoms with Gasteiger partial charge in [-0.25, -0.2) is 9.59 Å². The first-order chi connectivity index (χ1) is 9.12. The van der Waals surface area contributed by atoms with Gasteiger partial charge in [-0.15, -0.1) is 0 Å². The van der Waals surface area contributed by atoms with Crippen LogP contribution >= 0.6 is 0 Å². The van der Waals surface area contributed by atoms with Crippen molar-refractivity contribution in [2.75, 3.05) is 26.6 Å². The average Bonchev–Trinajstić information content (AvgIpc) is 2.45. The van der Waals surface area contributed by atoms with Gasteiger partial charge in [0, 0.05) is 0 Å².